The van der Waals surface area contributed by atoms with Gasteiger partial charge in [-0.3, -0.25) is 0 Å². The molecule has 0 unspecified atom stereocenters. The van der Waals surface area contributed by atoms with Gasteiger partial charge in [-0.05, 0) is 55.5 Å². The van der Waals surface area contributed by atoms with Gasteiger partial charge in [-0.25, -0.2) is 19.5 Å². The van der Waals surface area contributed by atoms with E-state index in [0.29, 0.717) is 0 Å². The van der Waals surface area contributed by atoms with Gasteiger partial charge in [0.15, 0.2) is 12.0 Å². The second kappa shape index (κ2) is 8.42. The van der Waals surface area contributed by atoms with Gasteiger partial charge in [0, 0.05) is 34.4 Å². The number of aryl methyl sites for hydroxylation is 3. The maximum absolute atomic E-state index is 4.80. The highest BCUT2D eigenvalue weighted by Crippen LogP contribution is 2.29. The van der Waals surface area contributed by atoms with Crippen molar-refractivity contribution in [2.24, 2.45) is 7.05 Å². The molecule has 0 saturated heterocycles. The van der Waals surface area contributed by atoms with Crippen molar-refractivity contribution in [3.05, 3.63) is 70.9 Å². The molecule has 0 amide bonds. The molecule has 0 spiro atoms. The third-order valence-electron chi connectivity index (χ3n) is 6.14. The van der Waals surface area contributed by atoms with Gasteiger partial charge in [0.2, 0.25) is 5.69 Å². The zero-order valence-corrected chi connectivity index (χ0v) is 20.5. The molecule has 0 fully saturated rings. The quantitative estimate of drug-likeness (QED) is 0.358. The lowest BCUT2D eigenvalue weighted by Crippen LogP contribution is -2.30. The monoisotopic (exact) mass is 425 g/mol. The number of rotatable bonds is 4. The van der Waals surface area contributed by atoms with Crippen LogP contribution in [0.5, 0.6) is 0 Å². The standard InChI is InChI=1S/C28H33N4/c1-16(2)26-29-27(17(3)4)31-28(30-26)21-9-10-22-15-32(8)25(14-23(22)13-21)24-12-18(5)11-19(6)20(24)7/h9-17H,1-8H3/q+1. The lowest BCUT2D eigenvalue weighted by molar-refractivity contribution is -0.659. The van der Waals surface area contributed by atoms with E-state index in [9.17, 15) is 0 Å². The molecule has 0 N–H and O–H groups in total. The van der Waals surface area contributed by atoms with Crippen LogP contribution in [0.2, 0.25) is 0 Å². The van der Waals surface area contributed by atoms with Crippen LogP contribution < -0.4 is 4.57 Å². The first-order valence-electron chi connectivity index (χ1n) is 11.4. The molecule has 0 aliphatic heterocycles. The molecular weight excluding hydrogens is 392 g/mol. The molecule has 0 aliphatic rings. The van der Waals surface area contributed by atoms with E-state index in [1.165, 1.54) is 38.7 Å². The Bertz CT molecular complexity index is 1290. The second-order valence-electron chi connectivity index (χ2n) is 9.55. The van der Waals surface area contributed by atoms with Crippen LogP contribution in [-0.4, -0.2) is 15.0 Å². The van der Waals surface area contributed by atoms with E-state index in [2.05, 4.69) is 108 Å². The summed E-state index contributed by atoms with van der Waals surface area (Å²) in [6.07, 6.45) is 2.21. The van der Waals surface area contributed by atoms with Crippen molar-refractivity contribution in [1.29, 1.82) is 0 Å². The van der Waals surface area contributed by atoms with Crippen molar-refractivity contribution in [1.82, 2.24) is 15.0 Å². The van der Waals surface area contributed by atoms with E-state index in [1.54, 1.807) is 0 Å². The van der Waals surface area contributed by atoms with Crippen LogP contribution in [0, 0.1) is 20.8 Å². The second-order valence-corrected chi connectivity index (χ2v) is 9.55. The van der Waals surface area contributed by atoms with E-state index < -0.39 is 0 Å². The summed E-state index contributed by atoms with van der Waals surface area (Å²) in [6.45, 7) is 15.1. The molecule has 4 nitrogen and oxygen atoms in total. The molecular formula is C28H33N4+. The number of hydrogen-bond acceptors (Lipinski definition) is 3. The Labute approximate surface area is 191 Å². The average molecular weight is 426 g/mol. The minimum Gasteiger partial charge on any atom is -0.217 e. The minimum absolute atomic E-state index is 0.257. The maximum atomic E-state index is 4.80. The summed E-state index contributed by atoms with van der Waals surface area (Å²) in [7, 11) is 2.12. The van der Waals surface area contributed by atoms with Gasteiger partial charge >= 0.3 is 0 Å². The van der Waals surface area contributed by atoms with Crippen molar-refractivity contribution < 1.29 is 4.57 Å². The van der Waals surface area contributed by atoms with Gasteiger partial charge in [0.05, 0.1) is 0 Å². The van der Waals surface area contributed by atoms with Gasteiger partial charge in [-0.2, -0.15) is 0 Å². The minimum atomic E-state index is 0.257. The maximum Gasteiger partial charge on any atom is 0.213 e. The average Bonchev–Trinajstić information content (AvgIpc) is 2.75. The first-order valence-corrected chi connectivity index (χ1v) is 11.4. The van der Waals surface area contributed by atoms with Crippen LogP contribution in [0.3, 0.4) is 0 Å². The molecule has 164 valence electrons. The number of hydrogen-bond donors (Lipinski definition) is 0. The molecule has 0 saturated carbocycles. The molecule has 32 heavy (non-hydrogen) atoms. The number of fused-ring (bicyclic) bond motifs is 1. The summed E-state index contributed by atoms with van der Waals surface area (Å²) in [5, 5.41) is 2.39. The third-order valence-corrected chi connectivity index (χ3v) is 6.14. The van der Waals surface area contributed by atoms with Crippen LogP contribution in [0.25, 0.3) is 33.4 Å². The Morgan fingerprint density at radius 2 is 1.41 bits per heavy atom. The lowest BCUT2D eigenvalue weighted by Gasteiger charge is -2.12. The Hall–Kier alpha value is -3.14. The fraction of sp³-hybridized carbons (Fsp3) is 0.357. The molecule has 2 aromatic carbocycles. The highest BCUT2D eigenvalue weighted by molar-refractivity contribution is 5.87. The molecule has 0 aliphatic carbocycles. The number of aromatic nitrogens is 4. The third kappa shape index (κ3) is 4.14. The van der Waals surface area contributed by atoms with E-state index in [1.807, 2.05) is 0 Å². The van der Waals surface area contributed by atoms with Gasteiger partial charge in [-0.15, -0.1) is 0 Å². The predicted octanol–water partition coefficient (Wildman–Crippen LogP) is 6.36. The first kappa shape index (κ1) is 22.1. The summed E-state index contributed by atoms with van der Waals surface area (Å²) < 4.78 is 2.22. The van der Waals surface area contributed by atoms with E-state index >= 15 is 0 Å². The van der Waals surface area contributed by atoms with Crippen LogP contribution in [0.15, 0.2) is 42.6 Å². The van der Waals surface area contributed by atoms with Gasteiger partial charge < -0.3 is 0 Å². The smallest absolute Gasteiger partial charge is 0.213 e. The topological polar surface area (TPSA) is 42.6 Å². The van der Waals surface area contributed by atoms with E-state index in [-0.39, 0.29) is 11.8 Å². The molecule has 4 aromatic rings. The molecule has 4 heteroatoms. The van der Waals surface area contributed by atoms with Crippen LogP contribution >= 0.6 is 0 Å². The van der Waals surface area contributed by atoms with Crippen molar-refractivity contribution in [3.8, 4) is 22.6 Å². The molecule has 0 radical (unpaired) electrons. The summed E-state index contributed by atoms with van der Waals surface area (Å²) in [5.74, 6) is 2.97. The Kier molecular flexibility index (Phi) is 5.81. The SMILES string of the molecule is Cc1cc(C)c(C)c(-c2cc3cc(-c4nc(C(C)C)nc(C(C)C)n4)ccc3c[n+]2C)c1. The Morgan fingerprint density at radius 1 is 0.750 bits per heavy atom. The van der Waals surface area contributed by atoms with Gasteiger partial charge in [0.1, 0.15) is 18.7 Å². The van der Waals surface area contributed by atoms with Crippen LogP contribution in [-0.2, 0) is 7.05 Å². The Balaban J connectivity index is 1.90. The van der Waals surface area contributed by atoms with Crippen LogP contribution in [0.1, 0.15) is 67.9 Å². The summed E-state index contributed by atoms with van der Waals surface area (Å²) in [5.41, 5.74) is 7.44. The molecule has 0 atom stereocenters. The Morgan fingerprint density at radius 3 is 2.03 bits per heavy atom. The van der Waals surface area contributed by atoms with E-state index in [4.69, 9.17) is 9.97 Å². The number of nitrogens with zero attached hydrogens (tertiary/aromatic N) is 4. The van der Waals surface area contributed by atoms with E-state index in [0.717, 1.165) is 23.0 Å². The molecule has 0 bridgehead atoms. The molecule has 2 aromatic heterocycles. The van der Waals surface area contributed by atoms with Gasteiger partial charge in [0.25, 0.3) is 0 Å². The normalized spacial score (nSPS) is 11.7. The summed E-state index contributed by atoms with van der Waals surface area (Å²) >= 11 is 0. The summed E-state index contributed by atoms with van der Waals surface area (Å²) in [6, 6.07) is 13.3. The molecule has 2 heterocycles. The predicted molar refractivity (Wildman–Crippen MR) is 132 cm³/mol. The largest absolute Gasteiger partial charge is 0.217 e. The fourth-order valence-corrected chi connectivity index (χ4v) is 4.11. The van der Waals surface area contributed by atoms with Crippen molar-refractivity contribution >= 4 is 10.8 Å². The zero-order chi connectivity index (χ0) is 23.2. The first-order chi connectivity index (χ1) is 15.1. The number of benzene rings is 2. The van der Waals surface area contributed by atoms with Gasteiger partial charge in [-0.1, -0.05) is 45.4 Å². The summed E-state index contributed by atoms with van der Waals surface area (Å²) in [4.78, 5) is 14.3. The van der Waals surface area contributed by atoms with Crippen LogP contribution in [0.4, 0.5) is 0 Å². The highest BCUT2D eigenvalue weighted by atomic mass is 15.0. The molecule has 4 rings (SSSR count). The number of pyridine rings is 1. The zero-order valence-electron chi connectivity index (χ0n) is 20.5. The highest BCUT2D eigenvalue weighted by Gasteiger charge is 2.18. The van der Waals surface area contributed by atoms with Crippen molar-refractivity contribution in [2.75, 3.05) is 0 Å². The lowest BCUT2D eigenvalue weighted by atomic mass is 9.96. The van der Waals surface area contributed by atoms with Crippen molar-refractivity contribution in [2.45, 2.75) is 60.3 Å². The van der Waals surface area contributed by atoms with Crippen molar-refractivity contribution in [3.63, 3.8) is 0 Å². The fourth-order valence-electron chi connectivity index (χ4n) is 4.11.